The van der Waals surface area contributed by atoms with Crippen LogP contribution in [0.25, 0.3) is 0 Å². The molecule has 1 aromatic rings. The smallest absolute Gasteiger partial charge is 0.255 e. The standard InChI is InChI=1S/C15H19BrClNO/c1-10(2)7-8-18(12-4-5-12)15(19)13-9-11(16)3-6-14(13)17/h3,6,9-10,12H,4-5,7-8H2,1-2H3. The van der Waals surface area contributed by atoms with Crippen LogP contribution in [-0.2, 0) is 0 Å². The zero-order valence-corrected chi connectivity index (χ0v) is 13.7. The first-order valence-corrected chi connectivity index (χ1v) is 7.92. The van der Waals surface area contributed by atoms with E-state index in [9.17, 15) is 4.79 Å². The van der Waals surface area contributed by atoms with E-state index in [0.717, 1.165) is 30.3 Å². The summed E-state index contributed by atoms with van der Waals surface area (Å²) >= 11 is 9.55. The van der Waals surface area contributed by atoms with Crippen molar-refractivity contribution in [2.24, 2.45) is 5.92 Å². The molecule has 2 rings (SSSR count). The maximum Gasteiger partial charge on any atom is 0.255 e. The molecule has 1 amide bonds. The Kier molecular flexibility index (Phi) is 4.91. The molecular weight excluding hydrogens is 326 g/mol. The Bertz CT molecular complexity index is 471. The number of carbonyl (C=O) groups excluding carboxylic acids is 1. The van der Waals surface area contributed by atoms with E-state index in [0.29, 0.717) is 22.5 Å². The van der Waals surface area contributed by atoms with Gasteiger partial charge in [0.15, 0.2) is 0 Å². The maximum absolute atomic E-state index is 12.6. The summed E-state index contributed by atoms with van der Waals surface area (Å²) in [7, 11) is 0. The number of carbonyl (C=O) groups is 1. The molecule has 1 saturated carbocycles. The Labute approximate surface area is 128 Å². The van der Waals surface area contributed by atoms with Crippen molar-refractivity contribution in [2.45, 2.75) is 39.2 Å². The highest BCUT2D eigenvalue weighted by molar-refractivity contribution is 9.10. The fourth-order valence-electron chi connectivity index (χ4n) is 2.05. The lowest BCUT2D eigenvalue weighted by Gasteiger charge is -2.24. The molecule has 0 bridgehead atoms. The molecule has 0 N–H and O–H groups in total. The zero-order chi connectivity index (χ0) is 14.0. The number of nitrogens with zero attached hydrogens (tertiary/aromatic N) is 1. The molecule has 1 aliphatic carbocycles. The molecule has 0 aliphatic heterocycles. The molecule has 1 fully saturated rings. The Morgan fingerprint density at radius 3 is 2.74 bits per heavy atom. The van der Waals surface area contributed by atoms with Gasteiger partial charge in [-0.15, -0.1) is 0 Å². The molecule has 0 spiro atoms. The number of halogens is 2. The second-order valence-corrected chi connectivity index (χ2v) is 6.86. The predicted molar refractivity (Wildman–Crippen MR) is 82.7 cm³/mol. The average molecular weight is 345 g/mol. The molecule has 4 heteroatoms. The van der Waals surface area contributed by atoms with Crippen molar-refractivity contribution in [3.05, 3.63) is 33.3 Å². The average Bonchev–Trinajstić information content (AvgIpc) is 3.16. The van der Waals surface area contributed by atoms with Crippen LogP contribution in [0.15, 0.2) is 22.7 Å². The van der Waals surface area contributed by atoms with E-state index in [1.165, 1.54) is 0 Å². The van der Waals surface area contributed by atoms with E-state index in [1.54, 1.807) is 6.07 Å². The van der Waals surface area contributed by atoms with Crippen LogP contribution in [0.3, 0.4) is 0 Å². The van der Waals surface area contributed by atoms with Crippen LogP contribution in [-0.4, -0.2) is 23.4 Å². The highest BCUT2D eigenvalue weighted by Gasteiger charge is 2.33. The van der Waals surface area contributed by atoms with Crippen molar-refractivity contribution in [1.82, 2.24) is 4.90 Å². The van der Waals surface area contributed by atoms with Crippen LogP contribution in [0.2, 0.25) is 5.02 Å². The predicted octanol–water partition coefficient (Wildman–Crippen LogP) is 4.75. The Hall–Kier alpha value is -0.540. The van der Waals surface area contributed by atoms with Crippen LogP contribution in [0.4, 0.5) is 0 Å². The van der Waals surface area contributed by atoms with E-state index in [-0.39, 0.29) is 5.91 Å². The van der Waals surface area contributed by atoms with Crippen LogP contribution >= 0.6 is 27.5 Å². The minimum absolute atomic E-state index is 0.0643. The summed E-state index contributed by atoms with van der Waals surface area (Å²) in [5.41, 5.74) is 0.603. The zero-order valence-electron chi connectivity index (χ0n) is 11.3. The van der Waals surface area contributed by atoms with Gasteiger partial charge >= 0.3 is 0 Å². The van der Waals surface area contributed by atoms with E-state index < -0.39 is 0 Å². The monoisotopic (exact) mass is 343 g/mol. The first-order chi connectivity index (χ1) is 8.99. The van der Waals surface area contributed by atoms with Crippen LogP contribution in [0.1, 0.15) is 43.5 Å². The molecule has 0 aromatic heterocycles. The molecule has 0 heterocycles. The molecule has 0 saturated heterocycles. The molecule has 19 heavy (non-hydrogen) atoms. The number of benzene rings is 1. The second kappa shape index (κ2) is 6.27. The van der Waals surface area contributed by atoms with Crippen LogP contribution < -0.4 is 0 Å². The first kappa shape index (κ1) is 14.9. The van der Waals surface area contributed by atoms with Gasteiger partial charge in [-0.25, -0.2) is 0 Å². The summed E-state index contributed by atoms with van der Waals surface area (Å²) in [5, 5.41) is 0.531. The number of rotatable bonds is 5. The van der Waals surface area contributed by atoms with Crippen molar-refractivity contribution < 1.29 is 4.79 Å². The van der Waals surface area contributed by atoms with E-state index >= 15 is 0 Å². The Morgan fingerprint density at radius 2 is 2.16 bits per heavy atom. The summed E-state index contributed by atoms with van der Waals surface area (Å²) < 4.78 is 0.889. The molecule has 2 nitrogen and oxygen atoms in total. The minimum atomic E-state index is 0.0643. The summed E-state index contributed by atoms with van der Waals surface area (Å²) in [6, 6.07) is 5.86. The van der Waals surface area contributed by atoms with Gasteiger partial charge < -0.3 is 4.90 Å². The van der Waals surface area contributed by atoms with Gasteiger partial charge in [-0.05, 0) is 43.4 Å². The van der Waals surface area contributed by atoms with Gasteiger partial charge in [0.05, 0.1) is 10.6 Å². The minimum Gasteiger partial charge on any atom is -0.336 e. The third-order valence-corrected chi connectivity index (χ3v) is 4.18. The molecule has 1 aliphatic rings. The number of hydrogen-bond acceptors (Lipinski definition) is 1. The van der Waals surface area contributed by atoms with Gasteiger partial charge in [0, 0.05) is 17.1 Å². The van der Waals surface area contributed by atoms with Gasteiger partial charge in [0.25, 0.3) is 5.91 Å². The van der Waals surface area contributed by atoms with Crippen molar-refractivity contribution in [3.8, 4) is 0 Å². The van der Waals surface area contributed by atoms with Gasteiger partial charge in [0.1, 0.15) is 0 Å². The fourth-order valence-corrected chi connectivity index (χ4v) is 2.61. The third-order valence-electron chi connectivity index (χ3n) is 3.35. The topological polar surface area (TPSA) is 20.3 Å². The molecule has 104 valence electrons. The van der Waals surface area contributed by atoms with E-state index in [4.69, 9.17) is 11.6 Å². The molecule has 0 radical (unpaired) electrons. The summed E-state index contributed by atoms with van der Waals surface area (Å²) in [5.74, 6) is 0.668. The number of hydrogen-bond donors (Lipinski definition) is 0. The van der Waals surface area contributed by atoms with Gasteiger partial charge in [-0.1, -0.05) is 41.4 Å². The molecule has 0 unspecified atom stereocenters. The van der Waals surface area contributed by atoms with Crippen molar-refractivity contribution >= 4 is 33.4 Å². The molecule has 0 atom stereocenters. The number of amides is 1. The van der Waals surface area contributed by atoms with Crippen LogP contribution in [0, 0.1) is 5.92 Å². The summed E-state index contributed by atoms with van der Waals surface area (Å²) in [6.07, 6.45) is 3.28. The third kappa shape index (κ3) is 3.96. The SMILES string of the molecule is CC(C)CCN(C(=O)c1cc(Br)ccc1Cl)C1CC1. The summed E-state index contributed by atoms with van der Waals surface area (Å²) in [6.45, 7) is 5.19. The Morgan fingerprint density at radius 1 is 1.47 bits per heavy atom. The van der Waals surface area contributed by atoms with Crippen molar-refractivity contribution in [2.75, 3.05) is 6.54 Å². The van der Waals surface area contributed by atoms with Gasteiger partial charge in [-0.3, -0.25) is 4.79 Å². The van der Waals surface area contributed by atoms with Crippen LogP contribution in [0.5, 0.6) is 0 Å². The second-order valence-electron chi connectivity index (χ2n) is 5.54. The quantitative estimate of drug-likeness (QED) is 0.754. The molecule has 1 aromatic carbocycles. The Balaban J connectivity index is 2.16. The lowest BCUT2D eigenvalue weighted by molar-refractivity contribution is 0.0735. The fraction of sp³-hybridized carbons (Fsp3) is 0.533. The van der Waals surface area contributed by atoms with Crippen molar-refractivity contribution in [3.63, 3.8) is 0 Å². The van der Waals surface area contributed by atoms with E-state index in [2.05, 4.69) is 29.8 Å². The normalized spacial score (nSPS) is 14.8. The van der Waals surface area contributed by atoms with Crippen molar-refractivity contribution in [1.29, 1.82) is 0 Å². The van der Waals surface area contributed by atoms with E-state index in [1.807, 2.05) is 17.0 Å². The highest BCUT2D eigenvalue weighted by Crippen LogP contribution is 2.31. The van der Waals surface area contributed by atoms with Gasteiger partial charge in [-0.2, -0.15) is 0 Å². The largest absolute Gasteiger partial charge is 0.336 e. The maximum atomic E-state index is 12.6. The molecular formula is C15H19BrClNO. The lowest BCUT2D eigenvalue weighted by Crippen LogP contribution is -2.34. The van der Waals surface area contributed by atoms with Gasteiger partial charge in [0.2, 0.25) is 0 Å². The first-order valence-electron chi connectivity index (χ1n) is 6.75. The summed E-state index contributed by atoms with van der Waals surface area (Å²) in [4.78, 5) is 14.6. The lowest BCUT2D eigenvalue weighted by atomic mass is 10.1. The highest BCUT2D eigenvalue weighted by atomic mass is 79.9.